The van der Waals surface area contributed by atoms with Crippen molar-refractivity contribution in [1.82, 2.24) is 15.1 Å². The zero-order chi connectivity index (χ0) is 16.7. The number of carbonyl (C=O) groups is 1. The van der Waals surface area contributed by atoms with E-state index in [4.69, 9.17) is 4.99 Å². The normalized spacial score (nSPS) is 24.0. The van der Waals surface area contributed by atoms with E-state index in [1.54, 1.807) is 0 Å². The van der Waals surface area contributed by atoms with E-state index in [0.717, 1.165) is 50.9 Å². The largest absolute Gasteiger partial charge is 0.357 e. The Hall–Kier alpha value is -1.26. The van der Waals surface area contributed by atoms with Crippen molar-refractivity contribution in [2.24, 2.45) is 10.9 Å². The van der Waals surface area contributed by atoms with E-state index >= 15 is 0 Å². The highest BCUT2D eigenvalue weighted by Crippen LogP contribution is 2.18. The van der Waals surface area contributed by atoms with E-state index in [2.05, 4.69) is 35.9 Å². The van der Waals surface area contributed by atoms with E-state index in [9.17, 15) is 4.79 Å². The van der Waals surface area contributed by atoms with Gasteiger partial charge in [0.15, 0.2) is 5.96 Å². The minimum absolute atomic E-state index is 0.268. The molecule has 1 unspecified atom stereocenters. The molecule has 2 rings (SSSR count). The van der Waals surface area contributed by atoms with Crippen molar-refractivity contribution < 1.29 is 4.79 Å². The van der Waals surface area contributed by atoms with Gasteiger partial charge in [0.1, 0.15) is 0 Å². The van der Waals surface area contributed by atoms with Crippen molar-refractivity contribution in [2.45, 2.75) is 65.3 Å². The number of aliphatic imine (C=N–C) groups is 1. The second kappa shape index (κ2) is 9.14. The van der Waals surface area contributed by atoms with Gasteiger partial charge in [-0.1, -0.05) is 6.92 Å². The average Bonchev–Trinajstić information content (AvgIpc) is 2.55. The number of amides is 1. The number of hydrogen-bond donors (Lipinski definition) is 1. The summed E-state index contributed by atoms with van der Waals surface area (Å²) in [7, 11) is 0. The van der Waals surface area contributed by atoms with Crippen LogP contribution in [0.5, 0.6) is 0 Å². The maximum atomic E-state index is 12.4. The molecule has 2 heterocycles. The Balaban J connectivity index is 1.83. The molecular weight excluding hydrogens is 288 g/mol. The molecule has 2 aliphatic rings. The summed E-state index contributed by atoms with van der Waals surface area (Å²) in [5.74, 6) is 2.07. The van der Waals surface area contributed by atoms with Crippen LogP contribution >= 0.6 is 0 Å². The summed E-state index contributed by atoms with van der Waals surface area (Å²) in [5.41, 5.74) is 0. The summed E-state index contributed by atoms with van der Waals surface area (Å²) >= 11 is 0. The number of nitrogens with zero attached hydrogens (tertiary/aromatic N) is 3. The number of nitrogens with one attached hydrogen (secondary N) is 1. The summed E-state index contributed by atoms with van der Waals surface area (Å²) in [6.07, 6.45) is 6.53. The van der Waals surface area contributed by atoms with Crippen molar-refractivity contribution in [3.8, 4) is 0 Å². The van der Waals surface area contributed by atoms with Crippen LogP contribution < -0.4 is 5.32 Å². The van der Waals surface area contributed by atoms with Gasteiger partial charge in [-0.15, -0.1) is 0 Å². The molecule has 132 valence electrons. The molecular formula is C18H34N4O. The number of carbonyl (C=O) groups excluding carboxylic acids is 1. The Morgan fingerprint density at radius 1 is 1.13 bits per heavy atom. The number of guanidine groups is 1. The molecule has 1 N–H and O–H groups in total. The van der Waals surface area contributed by atoms with E-state index in [1.807, 2.05) is 0 Å². The van der Waals surface area contributed by atoms with Crippen LogP contribution in [-0.2, 0) is 4.79 Å². The van der Waals surface area contributed by atoms with Gasteiger partial charge in [-0.05, 0) is 51.9 Å². The van der Waals surface area contributed by atoms with Crippen LogP contribution in [-0.4, -0.2) is 60.4 Å². The molecule has 2 fully saturated rings. The molecule has 23 heavy (non-hydrogen) atoms. The quantitative estimate of drug-likeness (QED) is 0.639. The third kappa shape index (κ3) is 5.40. The van der Waals surface area contributed by atoms with Crippen LogP contribution in [0.25, 0.3) is 0 Å². The van der Waals surface area contributed by atoms with Gasteiger partial charge < -0.3 is 15.1 Å². The summed E-state index contributed by atoms with van der Waals surface area (Å²) < 4.78 is 0. The number of piperidine rings is 2. The Labute approximate surface area is 141 Å². The highest BCUT2D eigenvalue weighted by molar-refractivity contribution is 5.81. The third-order valence-corrected chi connectivity index (χ3v) is 5.13. The molecule has 0 aromatic heterocycles. The summed E-state index contributed by atoms with van der Waals surface area (Å²) in [6, 6.07) is 0.400. The molecule has 0 saturated carbocycles. The predicted molar refractivity (Wildman–Crippen MR) is 95.6 cm³/mol. The summed E-state index contributed by atoms with van der Waals surface area (Å²) in [5, 5.41) is 3.38. The molecule has 0 aromatic rings. The second-order valence-electron chi connectivity index (χ2n) is 7.09. The van der Waals surface area contributed by atoms with Crippen LogP contribution in [0.4, 0.5) is 0 Å². The van der Waals surface area contributed by atoms with E-state index in [-0.39, 0.29) is 5.91 Å². The first-order valence-electron chi connectivity index (χ1n) is 9.44. The lowest BCUT2D eigenvalue weighted by Crippen LogP contribution is -2.45. The SMILES string of the molecule is CCNC(=NCCC(=O)N1CCCCC1C)N1CCC(C)CC1. The third-order valence-electron chi connectivity index (χ3n) is 5.13. The zero-order valence-corrected chi connectivity index (χ0v) is 15.2. The van der Waals surface area contributed by atoms with E-state index < -0.39 is 0 Å². The van der Waals surface area contributed by atoms with E-state index in [0.29, 0.717) is 19.0 Å². The fourth-order valence-corrected chi connectivity index (χ4v) is 3.52. The molecule has 2 aliphatic heterocycles. The van der Waals surface area contributed by atoms with Gasteiger partial charge in [0.25, 0.3) is 0 Å². The van der Waals surface area contributed by atoms with E-state index in [1.165, 1.54) is 19.3 Å². The van der Waals surface area contributed by atoms with Crippen molar-refractivity contribution in [1.29, 1.82) is 0 Å². The van der Waals surface area contributed by atoms with Gasteiger partial charge >= 0.3 is 0 Å². The lowest BCUT2D eigenvalue weighted by atomic mass is 10.00. The lowest BCUT2D eigenvalue weighted by Gasteiger charge is -2.34. The lowest BCUT2D eigenvalue weighted by molar-refractivity contribution is -0.134. The van der Waals surface area contributed by atoms with Crippen molar-refractivity contribution in [3.05, 3.63) is 0 Å². The molecule has 1 amide bonds. The first-order valence-corrected chi connectivity index (χ1v) is 9.44. The van der Waals surface area contributed by atoms with Gasteiger partial charge in [-0.25, -0.2) is 0 Å². The first kappa shape index (κ1) is 18.1. The van der Waals surface area contributed by atoms with Gasteiger partial charge in [-0.2, -0.15) is 0 Å². The summed E-state index contributed by atoms with van der Waals surface area (Å²) in [6.45, 7) is 11.1. The first-order chi connectivity index (χ1) is 11.1. The standard InChI is InChI=1S/C18H34N4O/c1-4-19-18(21-13-9-15(2)10-14-21)20-11-8-17(23)22-12-6-5-7-16(22)3/h15-16H,4-14H2,1-3H3,(H,19,20). The molecule has 0 radical (unpaired) electrons. The molecule has 5 nitrogen and oxygen atoms in total. The monoisotopic (exact) mass is 322 g/mol. The fourth-order valence-electron chi connectivity index (χ4n) is 3.52. The van der Waals surface area contributed by atoms with Crippen LogP contribution in [0.2, 0.25) is 0 Å². The number of hydrogen-bond acceptors (Lipinski definition) is 2. The minimum atomic E-state index is 0.268. The van der Waals surface area contributed by atoms with Crippen molar-refractivity contribution in [3.63, 3.8) is 0 Å². The molecule has 0 spiro atoms. The molecule has 1 atom stereocenters. The Bertz CT molecular complexity index is 402. The molecule has 2 saturated heterocycles. The highest BCUT2D eigenvalue weighted by atomic mass is 16.2. The average molecular weight is 322 g/mol. The smallest absolute Gasteiger partial charge is 0.224 e. The van der Waals surface area contributed by atoms with Crippen molar-refractivity contribution >= 4 is 11.9 Å². The van der Waals surface area contributed by atoms with Crippen LogP contribution in [0.1, 0.15) is 59.3 Å². The summed E-state index contributed by atoms with van der Waals surface area (Å²) in [4.78, 5) is 21.5. The number of likely N-dealkylation sites (tertiary alicyclic amines) is 2. The Morgan fingerprint density at radius 3 is 2.52 bits per heavy atom. The minimum Gasteiger partial charge on any atom is -0.357 e. The second-order valence-corrected chi connectivity index (χ2v) is 7.09. The number of rotatable bonds is 4. The molecule has 0 aromatic carbocycles. The molecule has 0 aliphatic carbocycles. The van der Waals surface area contributed by atoms with Crippen LogP contribution in [0.15, 0.2) is 4.99 Å². The van der Waals surface area contributed by atoms with Crippen LogP contribution in [0, 0.1) is 5.92 Å². The Morgan fingerprint density at radius 2 is 1.87 bits per heavy atom. The zero-order valence-electron chi connectivity index (χ0n) is 15.2. The van der Waals surface area contributed by atoms with Gasteiger partial charge in [0.2, 0.25) is 5.91 Å². The van der Waals surface area contributed by atoms with Crippen molar-refractivity contribution in [2.75, 3.05) is 32.7 Å². The van der Waals surface area contributed by atoms with Gasteiger partial charge in [0, 0.05) is 38.6 Å². The fraction of sp³-hybridized carbons (Fsp3) is 0.889. The Kier molecular flexibility index (Phi) is 7.18. The molecule has 5 heteroatoms. The van der Waals surface area contributed by atoms with Crippen LogP contribution in [0.3, 0.4) is 0 Å². The maximum absolute atomic E-state index is 12.4. The van der Waals surface area contributed by atoms with Gasteiger partial charge in [-0.3, -0.25) is 9.79 Å². The topological polar surface area (TPSA) is 47.9 Å². The predicted octanol–water partition coefficient (Wildman–Crippen LogP) is 2.47. The maximum Gasteiger partial charge on any atom is 0.224 e. The molecule has 0 bridgehead atoms. The highest BCUT2D eigenvalue weighted by Gasteiger charge is 2.23. The van der Waals surface area contributed by atoms with Gasteiger partial charge in [0.05, 0.1) is 6.54 Å².